The molecule has 0 fully saturated rings. The summed E-state index contributed by atoms with van der Waals surface area (Å²) >= 11 is 0. The van der Waals surface area contributed by atoms with Gasteiger partial charge in [0.1, 0.15) is 0 Å². The molecule has 0 N–H and O–H groups in total. The summed E-state index contributed by atoms with van der Waals surface area (Å²) in [6.07, 6.45) is 5.16. The van der Waals surface area contributed by atoms with Crippen molar-refractivity contribution in [1.82, 2.24) is 0 Å². The lowest BCUT2D eigenvalue weighted by atomic mass is 10.1. The number of hydrogen-bond donors (Lipinski definition) is 0. The van der Waals surface area contributed by atoms with Crippen LogP contribution in [0.5, 0.6) is 0 Å². The Balaban J connectivity index is 2.14. The Morgan fingerprint density at radius 1 is 0.952 bits per heavy atom. The molecule has 0 spiro atoms. The van der Waals surface area contributed by atoms with Crippen molar-refractivity contribution in [2.75, 3.05) is 5.75 Å². The van der Waals surface area contributed by atoms with Crippen LogP contribution in [-0.2, 0) is 16.3 Å². The first-order valence-electron chi connectivity index (χ1n) is 7.48. The third-order valence-electron chi connectivity index (χ3n) is 3.60. The van der Waals surface area contributed by atoms with Crippen molar-refractivity contribution in [2.24, 2.45) is 0 Å². The molecule has 21 heavy (non-hydrogen) atoms. The summed E-state index contributed by atoms with van der Waals surface area (Å²) in [6, 6.07) is 4.00. The van der Waals surface area contributed by atoms with E-state index in [1.165, 1.54) is 6.07 Å². The zero-order chi connectivity index (χ0) is 15.9. The van der Waals surface area contributed by atoms with Crippen LogP contribution >= 0.6 is 0 Å². The molecule has 0 aliphatic carbocycles. The monoisotopic (exact) mass is 318 g/mol. The second kappa shape index (κ2) is 8.47. The fraction of sp³-hybridized carbons (Fsp3) is 0.625. The molecule has 0 atom stereocenters. The van der Waals surface area contributed by atoms with Crippen molar-refractivity contribution in [3.8, 4) is 0 Å². The first kappa shape index (κ1) is 18.1. The molecule has 2 nitrogen and oxygen atoms in total. The van der Waals surface area contributed by atoms with Crippen LogP contribution < -0.4 is 0 Å². The summed E-state index contributed by atoms with van der Waals surface area (Å²) in [5, 5.41) is -0.300. The van der Waals surface area contributed by atoms with E-state index in [0.717, 1.165) is 43.7 Å². The average Bonchev–Trinajstić information content (AvgIpc) is 2.41. The minimum absolute atomic E-state index is 0.258. The number of rotatable bonds is 9. The van der Waals surface area contributed by atoms with Crippen molar-refractivity contribution >= 4 is 9.84 Å². The van der Waals surface area contributed by atoms with Crippen LogP contribution in [0.15, 0.2) is 18.2 Å². The first-order valence-corrected chi connectivity index (χ1v) is 9.20. The van der Waals surface area contributed by atoms with Crippen LogP contribution in [0.2, 0.25) is 0 Å². The van der Waals surface area contributed by atoms with E-state index in [2.05, 4.69) is 0 Å². The molecule has 0 aliphatic rings. The summed E-state index contributed by atoms with van der Waals surface area (Å²) in [5.74, 6) is -1.36. The molecule has 0 amide bonds. The molecular weight excluding hydrogens is 294 g/mol. The number of sulfone groups is 1. The molecule has 0 heterocycles. The standard InChI is InChI=1S/C16H24F2O2S/c1-13(2)21(19,20)11-7-5-3-4-6-8-14-9-10-15(17)16(18)12-14/h9-10,12-13H,3-8,11H2,1-2H3. The van der Waals surface area contributed by atoms with Crippen LogP contribution in [-0.4, -0.2) is 19.4 Å². The van der Waals surface area contributed by atoms with E-state index in [-0.39, 0.29) is 11.0 Å². The lowest BCUT2D eigenvalue weighted by Gasteiger charge is -2.07. The number of benzene rings is 1. The minimum Gasteiger partial charge on any atom is -0.229 e. The fourth-order valence-electron chi connectivity index (χ4n) is 2.09. The molecule has 0 bridgehead atoms. The van der Waals surface area contributed by atoms with Crippen LogP contribution in [0.1, 0.15) is 51.5 Å². The molecule has 0 unspecified atom stereocenters. The number of hydrogen-bond acceptors (Lipinski definition) is 2. The van der Waals surface area contributed by atoms with Crippen LogP contribution in [0.4, 0.5) is 8.78 Å². The topological polar surface area (TPSA) is 34.1 Å². The number of aryl methyl sites for hydroxylation is 1. The van der Waals surface area contributed by atoms with Gasteiger partial charge in [-0.1, -0.05) is 25.3 Å². The maximum atomic E-state index is 13.0. The van der Waals surface area contributed by atoms with Gasteiger partial charge in [0, 0.05) is 0 Å². The predicted octanol–water partition coefficient (Wildman–Crippen LogP) is 4.28. The Bertz CT molecular complexity index is 539. The third kappa shape index (κ3) is 6.55. The second-order valence-electron chi connectivity index (χ2n) is 5.68. The zero-order valence-corrected chi connectivity index (χ0v) is 13.6. The van der Waals surface area contributed by atoms with Gasteiger partial charge in [0.15, 0.2) is 21.5 Å². The largest absolute Gasteiger partial charge is 0.229 e. The average molecular weight is 318 g/mol. The summed E-state index contributed by atoms with van der Waals surface area (Å²) in [4.78, 5) is 0. The van der Waals surface area contributed by atoms with E-state index in [1.54, 1.807) is 19.9 Å². The zero-order valence-electron chi connectivity index (χ0n) is 12.7. The molecule has 1 rings (SSSR count). The van der Waals surface area contributed by atoms with Crippen molar-refractivity contribution in [2.45, 2.75) is 57.6 Å². The highest BCUT2D eigenvalue weighted by molar-refractivity contribution is 7.91. The maximum absolute atomic E-state index is 13.0. The van der Waals surface area contributed by atoms with Crippen LogP contribution in [0.25, 0.3) is 0 Å². The van der Waals surface area contributed by atoms with Gasteiger partial charge in [0.25, 0.3) is 0 Å². The Labute approximate surface area is 126 Å². The van der Waals surface area contributed by atoms with Gasteiger partial charge < -0.3 is 0 Å². The number of unbranched alkanes of at least 4 members (excludes halogenated alkanes) is 4. The molecule has 1 aromatic carbocycles. The lowest BCUT2D eigenvalue weighted by Crippen LogP contribution is -2.17. The first-order chi connectivity index (χ1) is 9.83. The van der Waals surface area contributed by atoms with E-state index in [9.17, 15) is 17.2 Å². The summed E-state index contributed by atoms with van der Waals surface area (Å²) in [7, 11) is -2.92. The van der Waals surface area contributed by atoms with Gasteiger partial charge in [-0.15, -0.1) is 0 Å². The molecule has 1 aromatic rings. The van der Waals surface area contributed by atoms with Crippen molar-refractivity contribution in [3.05, 3.63) is 35.4 Å². The molecule has 0 saturated heterocycles. The Kier molecular flexibility index (Phi) is 7.29. The highest BCUT2D eigenvalue weighted by Gasteiger charge is 2.14. The predicted molar refractivity (Wildman–Crippen MR) is 82.1 cm³/mol. The minimum atomic E-state index is -2.92. The summed E-state index contributed by atoms with van der Waals surface area (Å²) in [6.45, 7) is 3.41. The molecule has 120 valence electrons. The van der Waals surface area contributed by atoms with Crippen molar-refractivity contribution in [1.29, 1.82) is 0 Å². The van der Waals surface area contributed by atoms with Crippen LogP contribution in [0.3, 0.4) is 0 Å². The smallest absolute Gasteiger partial charge is 0.159 e. The van der Waals surface area contributed by atoms with E-state index < -0.39 is 21.5 Å². The molecule has 5 heteroatoms. The fourth-order valence-corrected chi connectivity index (χ4v) is 3.17. The molecule has 0 aliphatic heterocycles. The molecular formula is C16H24F2O2S. The van der Waals surface area contributed by atoms with E-state index >= 15 is 0 Å². The van der Waals surface area contributed by atoms with Crippen molar-refractivity contribution < 1.29 is 17.2 Å². The van der Waals surface area contributed by atoms with Gasteiger partial charge >= 0.3 is 0 Å². The highest BCUT2D eigenvalue weighted by Crippen LogP contribution is 2.13. The van der Waals surface area contributed by atoms with Gasteiger partial charge in [0.2, 0.25) is 0 Å². The van der Waals surface area contributed by atoms with Gasteiger partial charge in [-0.05, 0) is 50.8 Å². The van der Waals surface area contributed by atoms with E-state index in [0.29, 0.717) is 6.42 Å². The summed E-state index contributed by atoms with van der Waals surface area (Å²) < 4.78 is 49.0. The lowest BCUT2D eigenvalue weighted by molar-refractivity contribution is 0.506. The maximum Gasteiger partial charge on any atom is 0.159 e. The normalized spacial score (nSPS) is 12.0. The number of halogens is 2. The van der Waals surface area contributed by atoms with E-state index in [1.807, 2.05) is 0 Å². The van der Waals surface area contributed by atoms with Crippen molar-refractivity contribution in [3.63, 3.8) is 0 Å². The Morgan fingerprint density at radius 2 is 1.57 bits per heavy atom. The van der Waals surface area contributed by atoms with Gasteiger partial charge in [-0.3, -0.25) is 0 Å². The Morgan fingerprint density at radius 3 is 2.19 bits per heavy atom. The molecule has 0 radical (unpaired) electrons. The van der Waals surface area contributed by atoms with Gasteiger partial charge in [-0.2, -0.15) is 0 Å². The third-order valence-corrected chi connectivity index (χ3v) is 5.89. The Hall–Kier alpha value is -0.970. The quantitative estimate of drug-likeness (QED) is 0.637. The molecule has 0 saturated carbocycles. The highest BCUT2D eigenvalue weighted by atomic mass is 32.2. The second-order valence-corrected chi connectivity index (χ2v) is 8.36. The van der Waals surface area contributed by atoms with Gasteiger partial charge in [0.05, 0.1) is 11.0 Å². The SMILES string of the molecule is CC(C)S(=O)(=O)CCCCCCCc1ccc(F)c(F)c1. The van der Waals surface area contributed by atoms with Gasteiger partial charge in [-0.25, -0.2) is 17.2 Å². The van der Waals surface area contributed by atoms with Crippen LogP contribution in [0, 0.1) is 11.6 Å². The summed E-state index contributed by atoms with van der Waals surface area (Å²) in [5.41, 5.74) is 0.802. The molecule has 0 aromatic heterocycles. The van der Waals surface area contributed by atoms with E-state index in [4.69, 9.17) is 0 Å².